The molecule has 108 valence electrons. The van der Waals surface area contributed by atoms with E-state index in [0.717, 1.165) is 30.8 Å². The fourth-order valence-corrected chi connectivity index (χ4v) is 2.13. The summed E-state index contributed by atoms with van der Waals surface area (Å²) in [6, 6.07) is 5.96. The van der Waals surface area contributed by atoms with Gasteiger partial charge in [-0.05, 0) is 30.0 Å². The van der Waals surface area contributed by atoms with Crippen molar-refractivity contribution in [3.63, 3.8) is 0 Å². The van der Waals surface area contributed by atoms with E-state index >= 15 is 0 Å². The lowest BCUT2D eigenvalue weighted by Crippen LogP contribution is -2.23. The van der Waals surface area contributed by atoms with Crippen LogP contribution >= 0.6 is 0 Å². The molecule has 5 nitrogen and oxygen atoms in total. The van der Waals surface area contributed by atoms with E-state index in [-0.39, 0.29) is 24.7 Å². The first kappa shape index (κ1) is 14.4. The van der Waals surface area contributed by atoms with Gasteiger partial charge in [-0.3, -0.25) is 9.59 Å². The minimum absolute atomic E-state index is 0.111. The first-order valence-electron chi connectivity index (χ1n) is 6.77. The SMILES string of the molecule is COC(=O)CCC(=O)NCc1ccc2c(c1)CCCO2. The Labute approximate surface area is 118 Å². The molecule has 0 saturated carbocycles. The molecule has 0 radical (unpaired) electrons. The van der Waals surface area contributed by atoms with Crippen LogP contribution in [0.3, 0.4) is 0 Å². The molecule has 1 amide bonds. The number of carbonyl (C=O) groups excluding carboxylic acids is 2. The van der Waals surface area contributed by atoms with Crippen molar-refractivity contribution < 1.29 is 19.1 Å². The summed E-state index contributed by atoms with van der Waals surface area (Å²) in [5, 5.41) is 2.80. The zero-order valence-corrected chi connectivity index (χ0v) is 11.6. The third kappa shape index (κ3) is 3.98. The van der Waals surface area contributed by atoms with Crippen molar-refractivity contribution in [3.05, 3.63) is 29.3 Å². The molecule has 5 heteroatoms. The molecular formula is C15H19NO4. The molecular weight excluding hydrogens is 258 g/mol. The van der Waals surface area contributed by atoms with Crippen LogP contribution in [0.5, 0.6) is 5.75 Å². The van der Waals surface area contributed by atoms with Gasteiger partial charge in [0.15, 0.2) is 0 Å². The molecule has 20 heavy (non-hydrogen) atoms. The molecule has 0 aromatic heterocycles. The Morgan fingerprint density at radius 2 is 2.20 bits per heavy atom. The average Bonchev–Trinajstić information content (AvgIpc) is 2.50. The molecule has 0 bridgehead atoms. The highest BCUT2D eigenvalue weighted by Gasteiger charge is 2.11. The van der Waals surface area contributed by atoms with Crippen LogP contribution in [0.2, 0.25) is 0 Å². The number of hydrogen-bond acceptors (Lipinski definition) is 4. The Kier molecular flexibility index (Phi) is 4.98. The molecule has 1 aromatic rings. The topological polar surface area (TPSA) is 64.6 Å². The maximum absolute atomic E-state index is 11.6. The normalized spacial score (nSPS) is 13.1. The number of aryl methyl sites for hydroxylation is 1. The number of hydrogen-bond donors (Lipinski definition) is 1. The van der Waals surface area contributed by atoms with Gasteiger partial charge in [0.05, 0.1) is 20.1 Å². The standard InChI is InChI=1S/C15H19NO4/c1-19-15(18)7-6-14(17)16-10-11-4-5-13-12(9-11)3-2-8-20-13/h4-5,9H,2-3,6-8,10H2,1H3,(H,16,17). The minimum Gasteiger partial charge on any atom is -0.493 e. The van der Waals surface area contributed by atoms with E-state index in [1.165, 1.54) is 12.7 Å². The van der Waals surface area contributed by atoms with Crippen LogP contribution in [0.25, 0.3) is 0 Å². The molecule has 1 aliphatic heterocycles. The van der Waals surface area contributed by atoms with Crippen molar-refractivity contribution in [3.8, 4) is 5.75 Å². The number of carbonyl (C=O) groups is 2. The van der Waals surface area contributed by atoms with E-state index in [4.69, 9.17) is 4.74 Å². The second kappa shape index (κ2) is 6.93. The van der Waals surface area contributed by atoms with E-state index < -0.39 is 0 Å². The maximum Gasteiger partial charge on any atom is 0.306 e. The van der Waals surface area contributed by atoms with E-state index in [1.807, 2.05) is 12.1 Å². The van der Waals surface area contributed by atoms with Gasteiger partial charge < -0.3 is 14.8 Å². The van der Waals surface area contributed by atoms with Crippen molar-refractivity contribution in [2.24, 2.45) is 0 Å². The number of fused-ring (bicyclic) bond motifs is 1. The lowest BCUT2D eigenvalue weighted by molar-refractivity contribution is -0.142. The van der Waals surface area contributed by atoms with Crippen molar-refractivity contribution in [2.75, 3.05) is 13.7 Å². The number of nitrogens with one attached hydrogen (secondary N) is 1. The lowest BCUT2D eigenvalue weighted by Gasteiger charge is -2.18. The maximum atomic E-state index is 11.6. The summed E-state index contributed by atoms with van der Waals surface area (Å²) >= 11 is 0. The van der Waals surface area contributed by atoms with Crippen LogP contribution in [0.4, 0.5) is 0 Å². The number of benzene rings is 1. The summed E-state index contributed by atoms with van der Waals surface area (Å²) in [5.41, 5.74) is 2.23. The second-order valence-electron chi connectivity index (χ2n) is 4.75. The first-order chi connectivity index (χ1) is 9.69. The van der Waals surface area contributed by atoms with Crippen molar-refractivity contribution in [2.45, 2.75) is 32.2 Å². The number of esters is 1. The van der Waals surface area contributed by atoms with Gasteiger partial charge in [-0.25, -0.2) is 0 Å². The smallest absolute Gasteiger partial charge is 0.306 e. The zero-order chi connectivity index (χ0) is 14.4. The van der Waals surface area contributed by atoms with Crippen LogP contribution < -0.4 is 10.1 Å². The third-order valence-electron chi connectivity index (χ3n) is 3.25. The summed E-state index contributed by atoms with van der Waals surface area (Å²) < 4.78 is 10.0. The van der Waals surface area contributed by atoms with Gasteiger partial charge in [-0.15, -0.1) is 0 Å². The van der Waals surface area contributed by atoms with Crippen molar-refractivity contribution in [1.82, 2.24) is 5.32 Å². The predicted molar refractivity (Wildman–Crippen MR) is 73.4 cm³/mol. The van der Waals surface area contributed by atoms with Crippen LogP contribution in [-0.4, -0.2) is 25.6 Å². The monoisotopic (exact) mass is 277 g/mol. The van der Waals surface area contributed by atoms with Gasteiger partial charge >= 0.3 is 5.97 Å². The largest absolute Gasteiger partial charge is 0.493 e. The summed E-state index contributed by atoms with van der Waals surface area (Å²) in [7, 11) is 1.31. The summed E-state index contributed by atoms with van der Waals surface area (Å²) in [6.07, 6.45) is 2.31. The molecule has 0 saturated heterocycles. The molecule has 1 heterocycles. The Hall–Kier alpha value is -2.04. The molecule has 0 unspecified atom stereocenters. The van der Waals surface area contributed by atoms with E-state index in [0.29, 0.717) is 6.54 Å². The van der Waals surface area contributed by atoms with Crippen molar-refractivity contribution >= 4 is 11.9 Å². The summed E-state index contributed by atoms with van der Waals surface area (Å²) in [6.45, 7) is 1.24. The van der Waals surface area contributed by atoms with Gasteiger partial charge in [0.1, 0.15) is 5.75 Å². The molecule has 0 atom stereocenters. The van der Waals surface area contributed by atoms with Crippen LogP contribution in [-0.2, 0) is 27.3 Å². The van der Waals surface area contributed by atoms with Crippen molar-refractivity contribution in [1.29, 1.82) is 0 Å². The number of ether oxygens (including phenoxy) is 2. The van der Waals surface area contributed by atoms with Gasteiger partial charge in [-0.2, -0.15) is 0 Å². The molecule has 0 spiro atoms. The Morgan fingerprint density at radius 1 is 1.35 bits per heavy atom. The van der Waals surface area contributed by atoms with E-state index in [2.05, 4.69) is 16.1 Å². The van der Waals surface area contributed by atoms with Crippen LogP contribution in [0.15, 0.2) is 18.2 Å². The Bertz CT molecular complexity index is 499. The quantitative estimate of drug-likeness (QED) is 0.830. The number of methoxy groups -OCH3 is 1. The molecule has 1 N–H and O–H groups in total. The van der Waals surface area contributed by atoms with Gasteiger partial charge in [0, 0.05) is 13.0 Å². The third-order valence-corrected chi connectivity index (χ3v) is 3.25. The van der Waals surface area contributed by atoms with Crippen LogP contribution in [0, 0.1) is 0 Å². The van der Waals surface area contributed by atoms with Gasteiger partial charge in [-0.1, -0.05) is 12.1 Å². The van der Waals surface area contributed by atoms with Gasteiger partial charge in [0.2, 0.25) is 5.91 Å². The zero-order valence-electron chi connectivity index (χ0n) is 11.6. The Morgan fingerprint density at radius 3 is 3.00 bits per heavy atom. The van der Waals surface area contributed by atoms with Crippen LogP contribution in [0.1, 0.15) is 30.4 Å². The molecule has 1 aromatic carbocycles. The molecule has 0 fully saturated rings. The average molecular weight is 277 g/mol. The summed E-state index contributed by atoms with van der Waals surface area (Å²) in [5.74, 6) is 0.424. The predicted octanol–water partition coefficient (Wildman–Crippen LogP) is 1.58. The summed E-state index contributed by atoms with van der Waals surface area (Å²) in [4.78, 5) is 22.5. The molecule has 0 aliphatic carbocycles. The highest BCUT2D eigenvalue weighted by Crippen LogP contribution is 2.25. The highest BCUT2D eigenvalue weighted by atomic mass is 16.5. The molecule has 2 rings (SSSR count). The number of rotatable bonds is 5. The van der Waals surface area contributed by atoms with E-state index in [1.54, 1.807) is 0 Å². The van der Waals surface area contributed by atoms with Gasteiger partial charge in [0.25, 0.3) is 0 Å². The Balaban J connectivity index is 1.81. The first-order valence-corrected chi connectivity index (χ1v) is 6.77. The fraction of sp³-hybridized carbons (Fsp3) is 0.467. The second-order valence-corrected chi connectivity index (χ2v) is 4.75. The molecule has 1 aliphatic rings. The lowest BCUT2D eigenvalue weighted by atomic mass is 10.0. The highest BCUT2D eigenvalue weighted by molar-refractivity contribution is 5.81. The minimum atomic E-state index is -0.369. The fourth-order valence-electron chi connectivity index (χ4n) is 2.13. The van der Waals surface area contributed by atoms with E-state index in [9.17, 15) is 9.59 Å². The number of amides is 1.